The Kier molecular flexibility index (Phi) is 7.50. The van der Waals surface area contributed by atoms with Crippen molar-refractivity contribution in [1.29, 1.82) is 0 Å². The maximum absolute atomic E-state index is 12.5. The first-order chi connectivity index (χ1) is 16.5. The van der Waals surface area contributed by atoms with Crippen molar-refractivity contribution in [2.75, 3.05) is 13.4 Å². The van der Waals surface area contributed by atoms with Gasteiger partial charge in [-0.2, -0.15) is 0 Å². The Morgan fingerprint density at radius 2 is 1.79 bits per heavy atom. The quantitative estimate of drug-likeness (QED) is 0.398. The van der Waals surface area contributed by atoms with Gasteiger partial charge in [-0.15, -0.1) is 0 Å². The molecule has 7 nitrogen and oxygen atoms in total. The van der Waals surface area contributed by atoms with Gasteiger partial charge >= 0.3 is 5.97 Å². The summed E-state index contributed by atoms with van der Waals surface area (Å²) < 4.78 is 29.1. The van der Waals surface area contributed by atoms with Crippen LogP contribution in [0.4, 0.5) is 0 Å². The maximum Gasteiger partial charge on any atom is 0.339 e. The van der Waals surface area contributed by atoms with Gasteiger partial charge in [-0.25, -0.2) is 4.79 Å². The Morgan fingerprint density at radius 3 is 2.56 bits per heavy atom. The van der Waals surface area contributed by atoms with Crippen LogP contribution >= 0.6 is 0 Å². The molecule has 34 heavy (non-hydrogen) atoms. The number of benzene rings is 2. The predicted octanol–water partition coefficient (Wildman–Crippen LogP) is 6.12. The van der Waals surface area contributed by atoms with Crippen molar-refractivity contribution in [1.82, 2.24) is 0 Å². The van der Waals surface area contributed by atoms with E-state index < -0.39 is 12.1 Å². The Balaban J connectivity index is 1.71. The number of fused-ring (bicyclic) bond motifs is 2. The molecule has 2 heterocycles. The number of rotatable bonds is 11. The first-order valence-corrected chi connectivity index (χ1v) is 12.0. The molecule has 0 aliphatic carbocycles. The summed E-state index contributed by atoms with van der Waals surface area (Å²) in [4.78, 5) is 12.5. The first-order valence-electron chi connectivity index (χ1n) is 12.0. The monoisotopic (exact) mass is 468 g/mol. The van der Waals surface area contributed by atoms with Crippen molar-refractivity contribution in [3.05, 3.63) is 53.1 Å². The van der Waals surface area contributed by atoms with Gasteiger partial charge in [0, 0.05) is 5.56 Å². The molecule has 0 spiro atoms. The van der Waals surface area contributed by atoms with Crippen molar-refractivity contribution < 1.29 is 33.6 Å². The SMILES string of the molecule is CCCCCCCOC1=C(C(=O)O)C(c2ccc3c(c2)OCO3)Oc2ccc(OC(C)C)cc21. The smallest absolute Gasteiger partial charge is 0.339 e. The van der Waals surface area contributed by atoms with Gasteiger partial charge in [-0.3, -0.25) is 0 Å². The van der Waals surface area contributed by atoms with E-state index in [1.165, 1.54) is 6.42 Å². The number of aliphatic carboxylic acids is 1. The van der Waals surface area contributed by atoms with Crippen LogP contribution in [0.25, 0.3) is 5.76 Å². The van der Waals surface area contributed by atoms with Crippen molar-refractivity contribution in [2.24, 2.45) is 0 Å². The van der Waals surface area contributed by atoms with Crippen molar-refractivity contribution in [3.63, 3.8) is 0 Å². The number of carboxylic acid groups (broad SMARTS) is 1. The molecule has 1 unspecified atom stereocenters. The highest BCUT2D eigenvalue weighted by Crippen LogP contribution is 2.46. The highest BCUT2D eigenvalue weighted by atomic mass is 16.7. The molecule has 4 rings (SSSR count). The molecule has 0 fully saturated rings. The molecule has 7 heteroatoms. The molecule has 2 aromatic carbocycles. The van der Waals surface area contributed by atoms with E-state index in [4.69, 9.17) is 23.7 Å². The van der Waals surface area contributed by atoms with Gasteiger partial charge in [0.05, 0.1) is 18.3 Å². The molecule has 0 bridgehead atoms. The van der Waals surface area contributed by atoms with Gasteiger partial charge in [0.1, 0.15) is 22.8 Å². The molecule has 182 valence electrons. The number of hydrogen-bond donors (Lipinski definition) is 1. The summed E-state index contributed by atoms with van der Waals surface area (Å²) in [5.41, 5.74) is 1.29. The molecule has 0 aromatic heterocycles. The molecule has 1 atom stereocenters. The lowest BCUT2D eigenvalue weighted by atomic mass is 9.94. The lowest BCUT2D eigenvalue weighted by Crippen LogP contribution is -2.24. The topological polar surface area (TPSA) is 83.5 Å². The van der Waals surface area contributed by atoms with Crippen molar-refractivity contribution in [3.8, 4) is 23.0 Å². The lowest BCUT2D eigenvalue weighted by Gasteiger charge is -2.30. The van der Waals surface area contributed by atoms with Gasteiger partial charge in [0.25, 0.3) is 0 Å². The van der Waals surface area contributed by atoms with Crippen LogP contribution in [-0.4, -0.2) is 30.6 Å². The summed E-state index contributed by atoms with van der Waals surface area (Å²) in [5, 5.41) is 10.2. The van der Waals surface area contributed by atoms with E-state index in [9.17, 15) is 9.90 Å². The van der Waals surface area contributed by atoms with Gasteiger partial charge in [0.15, 0.2) is 17.6 Å². The van der Waals surface area contributed by atoms with E-state index >= 15 is 0 Å². The van der Waals surface area contributed by atoms with Crippen molar-refractivity contribution in [2.45, 2.75) is 65.1 Å². The van der Waals surface area contributed by atoms with Gasteiger partial charge in [0.2, 0.25) is 6.79 Å². The Morgan fingerprint density at radius 1 is 1.03 bits per heavy atom. The van der Waals surface area contributed by atoms with Crippen molar-refractivity contribution >= 4 is 11.7 Å². The molecule has 0 saturated carbocycles. The summed E-state index contributed by atoms with van der Waals surface area (Å²) in [6.45, 7) is 6.63. The van der Waals surface area contributed by atoms with Crippen LogP contribution in [0.1, 0.15) is 70.1 Å². The Hall–Kier alpha value is -3.35. The number of carboxylic acids is 1. The normalized spacial score (nSPS) is 16.3. The third-order valence-electron chi connectivity index (χ3n) is 5.74. The third kappa shape index (κ3) is 5.24. The first kappa shape index (κ1) is 23.8. The predicted molar refractivity (Wildman–Crippen MR) is 127 cm³/mol. The zero-order valence-electron chi connectivity index (χ0n) is 20.0. The van der Waals surface area contributed by atoms with E-state index in [2.05, 4.69) is 6.92 Å². The molecule has 0 saturated heterocycles. The number of carbonyl (C=O) groups is 1. The van der Waals surface area contributed by atoms with Crippen LogP contribution in [0.3, 0.4) is 0 Å². The zero-order chi connectivity index (χ0) is 24.1. The fourth-order valence-corrected chi connectivity index (χ4v) is 4.14. The van der Waals surface area contributed by atoms with Crippen LogP contribution in [-0.2, 0) is 9.53 Å². The van der Waals surface area contributed by atoms with Crippen LogP contribution in [0, 0.1) is 0 Å². The van der Waals surface area contributed by atoms with Gasteiger partial charge in [-0.05, 0) is 50.6 Å². The number of hydrogen-bond acceptors (Lipinski definition) is 6. The Labute approximate surface area is 200 Å². The highest BCUT2D eigenvalue weighted by Gasteiger charge is 2.37. The standard InChI is InChI=1S/C27H32O7/c1-4-5-6-7-8-13-30-26-20-15-19(33-17(2)3)10-12-21(20)34-25(24(26)27(28)29)18-9-11-22-23(14-18)32-16-31-22/h9-12,14-15,17,25H,4-8,13,16H2,1-3H3,(H,28,29). The molecule has 1 N–H and O–H groups in total. The molecule has 2 aliphatic rings. The summed E-state index contributed by atoms with van der Waals surface area (Å²) in [7, 11) is 0. The largest absolute Gasteiger partial charge is 0.492 e. The van der Waals surface area contributed by atoms with Crippen LogP contribution < -0.4 is 18.9 Å². The van der Waals surface area contributed by atoms with E-state index in [0.717, 1.165) is 25.7 Å². The average Bonchev–Trinajstić information content (AvgIpc) is 3.28. The second-order valence-electron chi connectivity index (χ2n) is 8.75. The lowest BCUT2D eigenvalue weighted by molar-refractivity contribution is -0.133. The zero-order valence-corrected chi connectivity index (χ0v) is 20.0. The second kappa shape index (κ2) is 10.7. The van der Waals surface area contributed by atoms with Gasteiger partial charge in [-0.1, -0.05) is 38.7 Å². The Bertz CT molecular complexity index is 1060. The fourth-order valence-electron chi connectivity index (χ4n) is 4.14. The number of ether oxygens (including phenoxy) is 5. The molecular weight excluding hydrogens is 436 g/mol. The highest BCUT2D eigenvalue weighted by molar-refractivity contribution is 5.98. The van der Waals surface area contributed by atoms with E-state index in [0.29, 0.717) is 46.5 Å². The van der Waals surface area contributed by atoms with Gasteiger partial charge < -0.3 is 28.8 Å². The molecule has 2 aliphatic heterocycles. The third-order valence-corrected chi connectivity index (χ3v) is 5.74. The summed E-state index contributed by atoms with van der Waals surface area (Å²) in [6.07, 6.45) is 4.49. The van der Waals surface area contributed by atoms with Crippen LogP contribution in [0.2, 0.25) is 0 Å². The second-order valence-corrected chi connectivity index (χ2v) is 8.75. The number of unbranched alkanes of at least 4 members (excludes halogenated alkanes) is 4. The van der Waals surface area contributed by atoms with Crippen LogP contribution in [0.5, 0.6) is 23.0 Å². The summed E-state index contributed by atoms with van der Waals surface area (Å²) in [5.74, 6) is 1.60. The minimum atomic E-state index is -1.09. The minimum Gasteiger partial charge on any atom is -0.492 e. The average molecular weight is 469 g/mol. The molecule has 0 radical (unpaired) electrons. The fraction of sp³-hybridized carbons (Fsp3) is 0.444. The van der Waals surface area contributed by atoms with E-state index in [-0.39, 0.29) is 18.5 Å². The summed E-state index contributed by atoms with van der Waals surface area (Å²) >= 11 is 0. The maximum atomic E-state index is 12.5. The van der Waals surface area contributed by atoms with E-state index in [1.807, 2.05) is 19.9 Å². The van der Waals surface area contributed by atoms with Crippen LogP contribution in [0.15, 0.2) is 42.0 Å². The minimum absolute atomic E-state index is 0.0187. The summed E-state index contributed by atoms with van der Waals surface area (Å²) in [6, 6.07) is 10.7. The molecule has 0 amide bonds. The molecular formula is C27H32O7. The molecule has 2 aromatic rings. The van der Waals surface area contributed by atoms with E-state index in [1.54, 1.807) is 30.3 Å².